The lowest BCUT2D eigenvalue weighted by molar-refractivity contribution is -0.384. The molecule has 0 aliphatic heterocycles. The highest BCUT2D eigenvalue weighted by Gasteiger charge is 2.27. The molecule has 0 bridgehead atoms. The Hall–Kier alpha value is -1.92. The Labute approximate surface area is 170 Å². The average Bonchev–Trinajstić information content (AvgIpc) is 2.70. The number of rotatable bonds is 11. The number of halogens is 1. The predicted octanol–water partition coefficient (Wildman–Crippen LogP) is 6.00. The molecule has 1 N–H and O–H groups in total. The summed E-state index contributed by atoms with van der Waals surface area (Å²) in [7, 11) is 0. The Morgan fingerprint density at radius 3 is 2.64 bits per heavy atom. The van der Waals surface area contributed by atoms with Gasteiger partial charge in [-0.05, 0) is 48.6 Å². The molecule has 4 nitrogen and oxygen atoms in total. The highest BCUT2D eigenvalue weighted by Crippen LogP contribution is 2.37. The standard InChI is InChI=1S/C22H28FNO3S/c1-3-5-11-22(4-2,15-25)16-28-21-10-9-19(23)14-18(21)12-17-7-6-8-20(13-17)24(26)27/h6-10,13-14,25H,3-5,11-12,15-16H2,1-2H3/t22-/m0/s1. The third-order valence-electron chi connectivity index (χ3n) is 5.22. The van der Waals surface area contributed by atoms with Gasteiger partial charge in [-0.2, -0.15) is 0 Å². The summed E-state index contributed by atoms with van der Waals surface area (Å²) in [6.07, 6.45) is 4.43. The molecule has 0 unspecified atom stereocenters. The SMILES string of the molecule is CCCC[C@@](CC)(CO)CSc1ccc(F)cc1Cc1cccc([N+](=O)[O-])c1. The monoisotopic (exact) mass is 405 g/mol. The number of benzene rings is 2. The second-order valence-electron chi connectivity index (χ2n) is 7.26. The minimum atomic E-state index is -0.421. The summed E-state index contributed by atoms with van der Waals surface area (Å²) >= 11 is 1.63. The number of hydrogen-bond acceptors (Lipinski definition) is 4. The van der Waals surface area contributed by atoms with Crippen LogP contribution in [-0.4, -0.2) is 22.4 Å². The Balaban J connectivity index is 2.22. The van der Waals surface area contributed by atoms with Crippen LogP contribution in [0, 0.1) is 21.3 Å². The van der Waals surface area contributed by atoms with Crippen LogP contribution in [-0.2, 0) is 6.42 Å². The summed E-state index contributed by atoms with van der Waals surface area (Å²) < 4.78 is 13.9. The molecule has 0 spiro atoms. The highest BCUT2D eigenvalue weighted by molar-refractivity contribution is 7.99. The Morgan fingerprint density at radius 2 is 2.00 bits per heavy atom. The van der Waals surface area contributed by atoms with Gasteiger partial charge in [-0.3, -0.25) is 10.1 Å². The van der Waals surface area contributed by atoms with E-state index in [-0.39, 0.29) is 23.5 Å². The molecule has 152 valence electrons. The number of aliphatic hydroxyl groups is 1. The van der Waals surface area contributed by atoms with E-state index in [9.17, 15) is 19.6 Å². The van der Waals surface area contributed by atoms with E-state index in [1.54, 1.807) is 23.9 Å². The zero-order valence-electron chi connectivity index (χ0n) is 16.5. The Bertz CT molecular complexity index is 793. The first-order valence-corrected chi connectivity index (χ1v) is 10.7. The van der Waals surface area contributed by atoms with E-state index in [1.165, 1.54) is 24.3 Å². The van der Waals surface area contributed by atoms with Gasteiger partial charge in [0.05, 0.1) is 4.92 Å². The summed E-state index contributed by atoms with van der Waals surface area (Å²) in [5.74, 6) is 0.438. The molecule has 2 rings (SSSR count). The van der Waals surface area contributed by atoms with Gasteiger partial charge >= 0.3 is 0 Å². The number of nitro groups is 1. The molecule has 6 heteroatoms. The van der Waals surface area contributed by atoms with E-state index in [1.807, 2.05) is 6.07 Å². The topological polar surface area (TPSA) is 63.4 Å². The van der Waals surface area contributed by atoms with Crippen molar-refractivity contribution in [2.75, 3.05) is 12.4 Å². The minimum absolute atomic E-state index is 0.0351. The molecule has 0 saturated heterocycles. The van der Waals surface area contributed by atoms with E-state index < -0.39 is 4.92 Å². The van der Waals surface area contributed by atoms with Crippen LogP contribution >= 0.6 is 11.8 Å². The molecule has 0 amide bonds. The van der Waals surface area contributed by atoms with E-state index >= 15 is 0 Å². The van der Waals surface area contributed by atoms with Crippen LogP contribution in [0.3, 0.4) is 0 Å². The van der Waals surface area contributed by atoms with Crippen molar-refractivity contribution in [1.29, 1.82) is 0 Å². The van der Waals surface area contributed by atoms with Gasteiger partial charge in [0.15, 0.2) is 0 Å². The lowest BCUT2D eigenvalue weighted by Gasteiger charge is -2.30. The van der Waals surface area contributed by atoms with Crippen molar-refractivity contribution >= 4 is 17.4 Å². The second kappa shape index (κ2) is 10.6. The number of non-ortho nitro benzene ring substituents is 1. The third-order valence-corrected chi connectivity index (χ3v) is 6.68. The number of unbranched alkanes of at least 4 members (excludes halogenated alkanes) is 1. The fourth-order valence-electron chi connectivity index (χ4n) is 3.20. The molecule has 0 saturated carbocycles. The molecule has 0 aliphatic carbocycles. The van der Waals surface area contributed by atoms with Gasteiger partial charge in [0, 0.05) is 34.8 Å². The van der Waals surface area contributed by atoms with Crippen LogP contribution in [0.25, 0.3) is 0 Å². The average molecular weight is 406 g/mol. The molecule has 0 aromatic heterocycles. The maximum absolute atomic E-state index is 13.9. The van der Waals surface area contributed by atoms with Crippen molar-refractivity contribution < 1.29 is 14.4 Å². The maximum Gasteiger partial charge on any atom is 0.269 e. The van der Waals surface area contributed by atoms with Gasteiger partial charge < -0.3 is 5.11 Å². The van der Waals surface area contributed by atoms with Crippen LogP contribution in [0.15, 0.2) is 47.4 Å². The van der Waals surface area contributed by atoms with Gasteiger partial charge in [0.1, 0.15) is 5.82 Å². The van der Waals surface area contributed by atoms with Crippen LogP contribution in [0.1, 0.15) is 50.7 Å². The largest absolute Gasteiger partial charge is 0.396 e. The molecule has 1 atom stereocenters. The molecule has 0 aliphatic rings. The van der Waals surface area contributed by atoms with Crippen molar-refractivity contribution in [2.24, 2.45) is 5.41 Å². The van der Waals surface area contributed by atoms with Gasteiger partial charge in [-0.25, -0.2) is 4.39 Å². The van der Waals surface area contributed by atoms with E-state index in [4.69, 9.17) is 0 Å². The first-order chi connectivity index (χ1) is 13.4. The summed E-state index contributed by atoms with van der Waals surface area (Å²) in [6.45, 7) is 4.38. The van der Waals surface area contributed by atoms with E-state index in [2.05, 4.69) is 13.8 Å². The zero-order chi connectivity index (χ0) is 20.6. The maximum atomic E-state index is 13.9. The molecule has 28 heavy (non-hydrogen) atoms. The minimum Gasteiger partial charge on any atom is -0.396 e. The van der Waals surface area contributed by atoms with Gasteiger partial charge in [-0.15, -0.1) is 11.8 Å². The molecule has 0 fully saturated rings. The number of nitrogens with zero attached hydrogens (tertiary/aromatic N) is 1. The summed E-state index contributed by atoms with van der Waals surface area (Å²) in [6, 6.07) is 11.2. The first-order valence-electron chi connectivity index (χ1n) is 9.68. The van der Waals surface area contributed by atoms with E-state index in [0.717, 1.165) is 47.5 Å². The highest BCUT2D eigenvalue weighted by atomic mass is 32.2. The fourth-order valence-corrected chi connectivity index (χ4v) is 4.58. The van der Waals surface area contributed by atoms with Crippen molar-refractivity contribution in [2.45, 2.75) is 50.8 Å². The van der Waals surface area contributed by atoms with Crippen LogP contribution in [0.2, 0.25) is 0 Å². The molecular weight excluding hydrogens is 377 g/mol. The van der Waals surface area contributed by atoms with Crippen LogP contribution in [0.4, 0.5) is 10.1 Å². The van der Waals surface area contributed by atoms with Crippen molar-refractivity contribution in [3.63, 3.8) is 0 Å². The van der Waals surface area contributed by atoms with E-state index in [0.29, 0.717) is 6.42 Å². The quantitative estimate of drug-likeness (QED) is 0.283. The summed E-state index contributed by atoms with van der Waals surface area (Å²) in [5, 5.41) is 21.0. The fraction of sp³-hybridized carbons (Fsp3) is 0.455. The van der Waals surface area contributed by atoms with Crippen molar-refractivity contribution in [1.82, 2.24) is 0 Å². The first kappa shape index (κ1) is 22.4. The molecular formula is C22H28FNO3S. The zero-order valence-corrected chi connectivity index (χ0v) is 17.3. The van der Waals surface area contributed by atoms with Gasteiger partial charge in [0.25, 0.3) is 5.69 Å². The molecule has 2 aromatic rings. The lowest BCUT2D eigenvalue weighted by Crippen LogP contribution is -2.27. The number of hydrogen-bond donors (Lipinski definition) is 1. The van der Waals surface area contributed by atoms with Gasteiger partial charge in [-0.1, -0.05) is 38.8 Å². The predicted molar refractivity (Wildman–Crippen MR) is 112 cm³/mol. The molecule has 2 aromatic carbocycles. The smallest absolute Gasteiger partial charge is 0.269 e. The van der Waals surface area contributed by atoms with Crippen molar-refractivity contribution in [3.8, 4) is 0 Å². The normalized spacial score (nSPS) is 13.3. The lowest BCUT2D eigenvalue weighted by atomic mass is 9.83. The third kappa shape index (κ3) is 6.04. The number of nitro benzene ring substituents is 1. The second-order valence-corrected chi connectivity index (χ2v) is 8.28. The molecule has 0 heterocycles. The Morgan fingerprint density at radius 1 is 1.21 bits per heavy atom. The summed E-state index contributed by atoms with van der Waals surface area (Å²) in [4.78, 5) is 11.5. The summed E-state index contributed by atoms with van der Waals surface area (Å²) in [5.41, 5.74) is 1.48. The van der Waals surface area contributed by atoms with Gasteiger partial charge in [0.2, 0.25) is 0 Å². The van der Waals surface area contributed by atoms with Crippen molar-refractivity contribution in [3.05, 3.63) is 69.5 Å². The number of aliphatic hydroxyl groups excluding tert-OH is 1. The Kier molecular flexibility index (Phi) is 8.45. The van der Waals surface area contributed by atoms with Crippen LogP contribution < -0.4 is 0 Å². The molecule has 0 radical (unpaired) electrons. The van der Waals surface area contributed by atoms with Crippen LogP contribution in [0.5, 0.6) is 0 Å². The number of thioether (sulfide) groups is 1.